The van der Waals surface area contributed by atoms with Crippen LogP contribution in [0.25, 0.3) is 11.2 Å². The summed E-state index contributed by atoms with van der Waals surface area (Å²) in [6.07, 6.45) is 2.12. The number of rotatable bonds is 1. The van der Waals surface area contributed by atoms with Gasteiger partial charge in [-0.25, -0.2) is 23.4 Å². The Morgan fingerprint density at radius 1 is 1.39 bits per heavy atom. The second-order valence-corrected chi connectivity index (χ2v) is 4.57. The highest BCUT2D eigenvalue weighted by Gasteiger charge is 2.38. The summed E-state index contributed by atoms with van der Waals surface area (Å²) in [6, 6.07) is -0.381. The van der Waals surface area contributed by atoms with Crippen molar-refractivity contribution in [2.75, 3.05) is 5.73 Å². The second kappa shape index (κ2) is 3.82. The van der Waals surface area contributed by atoms with Crippen LogP contribution in [0.2, 0.25) is 0 Å². The Morgan fingerprint density at radius 3 is 3.00 bits per heavy atom. The molecule has 1 fully saturated rings. The van der Waals surface area contributed by atoms with E-state index in [9.17, 15) is 8.78 Å². The van der Waals surface area contributed by atoms with Gasteiger partial charge in [-0.2, -0.15) is 0 Å². The van der Waals surface area contributed by atoms with E-state index in [0.717, 1.165) is 0 Å². The van der Waals surface area contributed by atoms with Gasteiger partial charge in [-0.15, -0.1) is 5.10 Å². The fraction of sp³-hybridized carbons (Fsp3) is 0.600. The molecule has 1 aliphatic rings. The lowest BCUT2D eigenvalue weighted by molar-refractivity contribution is -0.0508. The van der Waals surface area contributed by atoms with E-state index in [4.69, 9.17) is 5.73 Å². The monoisotopic (exact) mass is 254 g/mol. The Morgan fingerprint density at radius 2 is 2.22 bits per heavy atom. The topological polar surface area (TPSA) is 82.5 Å². The van der Waals surface area contributed by atoms with Crippen LogP contribution in [0.4, 0.5) is 14.6 Å². The van der Waals surface area contributed by atoms with Crippen molar-refractivity contribution in [3.63, 3.8) is 0 Å². The first kappa shape index (κ1) is 11.2. The van der Waals surface area contributed by atoms with Gasteiger partial charge in [0.1, 0.15) is 6.33 Å². The van der Waals surface area contributed by atoms with Crippen LogP contribution in [0.5, 0.6) is 0 Å². The van der Waals surface area contributed by atoms with E-state index >= 15 is 0 Å². The number of alkyl halides is 2. The van der Waals surface area contributed by atoms with Gasteiger partial charge < -0.3 is 5.73 Å². The fourth-order valence-corrected chi connectivity index (χ4v) is 2.38. The average molecular weight is 254 g/mol. The molecule has 2 aromatic heterocycles. The molecule has 0 radical (unpaired) electrons. The number of anilines is 1. The molecule has 0 spiro atoms. The Bertz CT molecular complexity index is 581. The molecule has 0 aliphatic heterocycles. The van der Waals surface area contributed by atoms with Gasteiger partial charge in [-0.05, 0) is 12.8 Å². The molecule has 2 heterocycles. The largest absolute Gasteiger partial charge is 0.382 e. The molecular formula is C10H12F2N6. The minimum Gasteiger partial charge on any atom is -0.382 e. The van der Waals surface area contributed by atoms with Gasteiger partial charge in [-0.3, -0.25) is 0 Å². The Kier molecular flexibility index (Phi) is 2.39. The first-order chi connectivity index (χ1) is 8.57. The van der Waals surface area contributed by atoms with Gasteiger partial charge >= 0.3 is 0 Å². The first-order valence-electron chi connectivity index (χ1n) is 5.76. The van der Waals surface area contributed by atoms with Crippen molar-refractivity contribution in [1.29, 1.82) is 0 Å². The molecular weight excluding hydrogens is 242 g/mol. The number of nitrogen functional groups attached to an aromatic ring is 1. The number of nitrogens with two attached hydrogens (primary N) is 1. The maximum absolute atomic E-state index is 13.4. The highest BCUT2D eigenvalue weighted by Crippen LogP contribution is 2.39. The van der Waals surface area contributed by atoms with Gasteiger partial charge in [0.2, 0.25) is 5.92 Å². The van der Waals surface area contributed by atoms with Crippen molar-refractivity contribution in [3.8, 4) is 0 Å². The molecule has 2 aromatic rings. The second-order valence-electron chi connectivity index (χ2n) is 4.57. The average Bonchev–Trinajstić information content (AvgIpc) is 2.73. The van der Waals surface area contributed by atoms with Crippen molar-refractivity contribution in [2.24, 2.45) is 0 Å². The van der Waals surface area contributed by atoms with E-state index in [0.29, 0.717) is 24.0 Å². The zero-order valence-electron chi connectivity index (χ0n) is 9.55. The molecule has 1 saturated carbocycles. The van der Waals surface area contributed by atoms with Crippen molar-refractivity contribution in [2.45, 2.75) is 37.6 Å². The standard InChI is InChI=1S/C10H12F2N6/c11-10(12)3-1-2-6(4-10)18-9-7(16-17-18)8(13)14-5-15-9/h5-6H,1-4H2,(H2,13,14,15)/t6-/m1/s1. The molecule has 96 valence electrons. The summed E-state index contributed by atoms with van der Waals surface area (Å²) in [4.78, 5) is 7.82. The molecule has 6 nitrogen and oxygen atoms in total. The fourth-order valence-electron chi connectivity index (χ4n) is 2.38. The van der Waals surface area contributed by atoms with Gasteiger partial charge in [0.05, 0.1) is 6.04 Å². The molecule has 0 saturated heterocycles. The zero-order chi connectivity index (χ0) is 12.8. The van der Waals surface area contributed by atoms with Crippen LogP contribution in [-0.2, 0) is 0 Å². The van der Waals surface area contributed by atoms with Gasteiger partial charge in [0.15, 0.2) is 17.0 Å². The summed E-state index contributed by atoms with van der Waals surface area (Å²) in [6.45, 7) is 0. The number of halogens is 2. The van der Waals surface area contributed by atoms with Crippen LogP contribution >= 0.6 is 0 Å². The summed E-state index contributed by atoms with van der Waals surface area (Å²) in [7, 11) is 0. The summed E-state index contributed by atoms with van der Waals surface area (Å²) in [5, 5.41) is 7.76. The lowest BCUT2D eigenvalue weighted by Crippen LogP contribution is -2.28. The van der Waals surface area contributed by atoms with E-state index < -0.39 is 5.92 Å². The predicted molar refractivity (Wildman–Crippen MR) is 60.0 cm³/mol. The minimum absolute atomic E-state index is 0.0622. The zero-order valence-corrected chi connectivity index (χ0v) is 9.55. The quantitative estimate of drug-likeness (QED) is 0.834. The van der Waals surface area contributed by atoms with Crippen molar-refractivity contribution in [3.05, 3.63) is 6.33 Å². The molecule has 2 N–H and O–H groups in total. The highest BCUT2D eigenvalue weighted by molar-refractivity contribution is 5.80. The van der Waals surface area contributed by atoms with Gasteiger partial charge in [0, 0.05) is 12.8 Å². The molecule has 0 aromatic carbocycles. The van der Waals surface area contributed by atoms with E-state index in [1.165, 1.54) is 11.0 Å². The maximum atomic E-state index is 13.4. The number of hydrogen-bond donors (Lipinski definition) is 1. The summed E-state index contributed by atoms with van der Waals surface area (Å²) < 4.78 is 28.3. The number of fused-ring (bicyclic) bond motifs is 1. The van der Waals surface area contributed by atoms with Crippen molar-refractivity contribution < 1.29 is 8.78 Å². The van der Waals surface area contributed by atoms with Gasteiger partial charge in [0.25, 0.3) is 0 Å². The molecule has 0 amide bonds. The summed E-state index contributed by atoms with van der Waals surface area (Å²) in [5.74, 6) is -2.42. The predicted octanol–water partition coefficient (Wildman–Crippen LogP) is 1.55. The van der Waals surface area contributed by atoms with Crippen LogP contribution in [0, 0.1) is 0 Å². The maximum Gasteiger partial charge on any atom is 0.250 e. The van der Waals surface area contributed by atoms with E-state index in [-0.39, 0.29) is 24.7 Å². The lowest BCUT2D eigenvalue weighted by Gasteiger charge is -2.28. The van der Waals surface area contributed by atoms with Crippen LogP contribution in [0.3, 0.4) is 0 Å². The van der Waals surface area contributed by atoms with E-state index in [1.807, 2.05) is 0 Å². The third-order valence-corrected chi connectivity index (χ3v) is 3.25. The number of nitrogens with zero attached hydrogens (tertiary/aromatic N) is 5. The van der Waals surface area contributed by atoms with E-state index in [2.05, 4.69) is 20.3 Å². The normalized spacial score (nSPS) is 23.3. The Balaban J connectivity index is 2.02. The van der Waals surface area contributed by atoms with Crippen molar-refractivity contribution in [1.82, 2.24) is 25.0 Å². The van der Waals surface area contributed by atoms with E-state index in [1.54, 1.807) is 0 Å². The van der Waals surface area contributed by atoms with Crippen LogP contribution in [-0.4, -0.2) is 30.9 Å². The molecule has 8 heteroatoms. The molecule has 1 atom stereocenters. The van der Waals surface area contributed by atoms with Crippen LogP contribution < -0.4 is 5.73 Å². The SMILES string of the molecule is Nc1ncnc2c1nnn2[C@@H]1CCCC(F)(F)C1. The third kappa shape index (κ3) is 1.77. The number of aromatic nitrogens is 5. The Labute approximate surface area is 101 Å². The number of hydrogen-bond acceptors (Lipinski definition) is 5. The van der Waals surface area contributed by atoms with Crippen molar-refractivity contribution >= 4 is 17.0 Å². The summed E-state index contributed by atoms with van der Waals surface area (Å²) in [5.41, 5.74) is 6.43. The Hall–Kier alpha value is -1.86. The smallest absolute Gasteiger partial charge is 0.250 e. The highest BCUT2D eigenvalue weighted by atomic mass is 19.3. The summed E-state index contributed by atoms with van der Waals surface area (Å²) >= 11 is 0. The molecule has 18 heavy (non-hydrogen) atoms. The molecule has 0 unspecified atom stereocenters. The molecule has 0 bridgehead atoms. The molecule has 3 rings (SSSR count). The third-order valence-electron chi connectivity index (χ3n) is 3.25. The lowest BCUT2D eigenvalue weighted by atomic mass is 9.92. The van der Waals surface area contributed by atoms with Crippen LogP contribution in [0.1, 0.15) is 31.7 Å². The van der Waals surface area contributed by atoms with Crippen LogP contribution in [0.15, 0.2) is 6.33 Å². The molecule has 1 aliphatic carbocycles. The minimum atomic E-state index is -2.64. The van der Waals surface area contributed by atoms with Gasteiger partial charge in [-0.1, -0.05) is 5.21 Å². The first-order valence-corrected chi connectivity index (χ1v) is 5.76.